The zero-order chi connectivity index (χ0) is 19.9. The quantitative estimate of drug-likeness (QED) is 0.760. The van der Waals surface area contributed by atoms with E-state index in [1.54, 1.807) is 29.2 Å². The van der Waals surface area contributed by atoms with E-state index in [4.69, 9.17) is 4.74 Å². The first-order chi connectivity index (χ1) is 13.3. The molecule has 0 N–H and O–H groups in total. The molecule has 0 radical (unpaired) electrons. The number of aromatic nitrogens is 1. The molecule has 28 heavy (non-hydrogen) atoms. The van der Waals surface area contributed by atoms with Crippen LogP contribution in [-0.4, -0.2) is 53.7 Å². The van der Waals surface area contributed by atoms with Gasteiger partial charge in [0.15, 0.2) is 0 Å². The highest BCUT2D eigenvalue weighted by molar-refractivity contribution is 7.89. The Labute approximate surface area is 169 Å². The van der Waals surface area contributed by atoms with Gasteiger partial charge in [-0.2, -0.15) is 4.31 Å². The first-order valence-electron chi connectivity index (χ1n) is 9.30. The number of sulfonamides is 1. The van der Waals surface area contributed by atoms with E-state index in [1.807, 2.05) is 19.2 Å². The van der Waals surface area contributed by atoms with Gasteiger partial charge in [0.05, 0.1) is 30.3 Å². The van der Waals surface area contributed by atoms with Crippen LogP contribution in [0.1, 0.15) is 30.5 Å². The second-order valence-electron chi connectivity index (χ2n) is 7.28. The van der Waals surface area contributed by atoms with Crippen LogP contribution in [0.2, 0.25) is 0 Å². The fraction of sp³-hybridized carbons (Fsp3) is 0.474. The summed E-state index contributed by atoms with van der Waals surface area (Å²) in [4.78, 5) is 18.6. The largest absolute Gasteiger partial charge is 0.483 e. The summed E-state index contributed by atoms with van der Waals surface area (Å²) >= 11 is 1.50. The number of hydrogen-bond donors (Lipinski definition) is 0. The number of fused-ring (bicyclic) bond motifs is 1. The van der Waals surface area contributed by atoms with Crippen LogP contribution >= 0.6 is 11.3 Å². The zero-order valence-electron chi connectivity index (χ0n) is 15.9. The normalized spacial score (nSPS) is 24.0. The number of para-hydroxylation sites is 1. The van der Waals surface area contributed by atoms with Crippen molar-refractivity contribution >= 4 is 27.3 Å². The van der Waals surface area contributed by atoms with E-state index in [9.17, 15) is 13.2 Å². The van der Waals surface area contributed by atoms with E-state index in [0.717, 1.165) is 10.7 Å². The summed E-state index contributed by atoms with van der Waals surface area (Å²) < 4.78 is 34.5. The summed E-state index contributed by atoms with van der Waals surface area (Å²) in [5, 5.41) is 2.78. The van der Waals surface area contributed by atoms with Gasteiger partial charge < -0.3 is 9.64 Å². The van der Waals surface area contributed by atoms with E-state index in [-0.39, 0.29) is 23.9 Å². The number of carbonyl (C=O) groups is 1. The molecule has 1 amide bonds. The Morgan fingerprint density at radius 3 is 2.82 bits per heavy atom. The number of nitrogens with zero attached hydrogens (tertiary/aromatic N) is 3. The lowest BCUT2D eigenvalue weighted by molar-refractivity contribution is -0.130. The summed E-state index contributed by atoms with van der Waals surface area (Å²) in [7, 11) is -3.75. The third-order valence-electron chi connectivity index (χ3n) is 5.23. The lowest BCUT2D eigenvalue weighted by Gasteiger charge is -2.31. The van der Waals surface area contributed by atoms with Crippen molar-refractivity contribution in [2.24, 2.45) is 0 Å². The topological polar surface area (TPSA) is 79.8 Å². The van der Waals surface area contributed by atoms with Gasteiger partial charge in [0.2, 0.25) is 15.9 Å². The van der Waals surface area contributed by atoms with Gasteiger partial charge >= 0.3 is 0 Å². The van der Waals surface area contributed by atoms with Gasteiger partial charge in [0.25, 0.3) is 0 Å². The third-order valence-corrected chi connectivity index (χ3v) is 7.89. The summed E-state index contributed by atoms with van der Waals surface area (Å²) in [5.41, 5.74) is -0.0321. The predicted molar refractivity (Wildman–Crippen MR) is 106 cm³/mol. The molecule has 1 aromatic heterocycles. The molecule has 0 unspecified atom stereocenters. The van der Waals surface area contributed by atoms with Crippen LogP contribution in [0.3, 0.4) is 0 Å². The van der Waals surface area contributed by atoms with Crippen LogP contribution in [0.5, 0.6) is 5.75 Å². The van der Waals surface area contributed by atoms with Crippen molar-refractivity contribution < 1.29 is 17.9 Å². The van der Waals surface area contributed by atoms with Gasteiger partial charge in [0.1, 0.15) is 16.2 Å². The number of rotatable bonds is 3. The van der Waals surface area contributed by atoms with E-state index in [0.29, 0.717) is 31.7 Å². The maximum Gasteiger partial charge on any atom is 0.247 e. The fourth-order valence-electron chi connectivity index (χ4n) is 3.85. The molecule has 2 aromatic rings. The Kier molecular flexibility index (Phi) is 4.93. The number of thiazole rings is 1. The first kappa shape index (κ1) is 19.4. The zero-order valence-corrected chi connectivity index (χ0v) is 17.6. The van der Waals surface area contributed by atoms with Gasteiger partial charge in [-0.05, 0) is 19.1 Å². The second kappa shape index (κ2) is 7.13. The molecule has 2 aliphatic rings. The Bertz CT molecular complexity index is 1000. The molecule has 0 bridgehead atoms. The van der Waals surface area contributed by atoms with Crippen molar-refractivity contribution in [2.75, 3.05) is 19.6 Å². The molecule has 3 heterocycles. The second-order valence-corrected chi connectivity index (χ2v) is 10.3. The number of likely N-dealkylation sites (tertiary alicyclic amines) is 1. The lowest BCUT2D eigenvalue weighted by Crippen LogP contribution is -2.49. The van der Waals surface area contributed by atoms with Gasteiger partial charge in [-0.25, -0.2) is 13.4 Å². The fourth-order valence-corrected chi connectivity index (χ4v) is 6.06. The molecule has 9 heteroatoms. The molecule has 2 aliphatic heterocycles. The molecule has 1 saturated heterocycles. The third kappa shape index (κ3) is 3.42. The molecule has 1 fully saturated rings. The highest BCUT2D eigenvalue weighted by atomic mass is 32.2. The standard InChI is InChI=1S/C19H23N3O4S2/c1-3-18(23)21-9-8-19(12-21)13-22(10-15-11-27-14(2)20-15)28(24,25)17-7-5-4-6-16(17)26-19/h4-7,11H,3,8-10,12-13H2,1-2H3/t19-/m0/s1. The molecule has 0 aliphatic carbocycles. The Morgan fingerprint density at radius 1 is 1.32 bits per heavy atom. The summed E-state index contributed by atoms with van der Waals surface area (Å²) in [5.74, 6) is 0.410. The number of ether oxygens (including phenoxy) is 1. The molecule has 7 nitrogen and oxygen atoms in total. The molecule has 150 valence electrons. The van der Waals surface area contributed by atoms with E-state index in [1.165, 1.54) is 15.6 Å². The van der Waals surface area contributed by atoms with Crippen LogP contribution < -0.4 is 4.74 Å². The summed E-state index contributed by atoms with van der Waals surface area (Å²) in [6.45, 7) is 5.06. The van der Waals surface area contributed by atoms with Crippen molar-refractivity contribution in [2.45, 2.75) is 43.7 Å². The molecule has 1 spiro atoms. The lowest BCUT2D eigenvalue weighted by atomic mass is 10.0. The van der Waals surface area contributed by atoms with Gasteiger partial charge in [-0.3, -0.25) is 4.79 Å². The monoisotopic (exact) mass is 421 g/mol. The number of hydrogen-bond acceptors (Lipinski definition) is 6. The van der Waals surface area contributed by atoms with Crippen LogP contribution in [-0.2, 0) is 21.4 Å². The molecule has 1 aromatic carbocycles. The Hall–Kier alpha value is -1.97. The van der Waals surface area contributed by atoms with Gasteiger partial charge in [0, 0.05) is 24.8 Å². The molecule has 1 atom stereocenters. The van der Waals surface area contributed by atoms with Crippen molar-refractivity contribution in [1.29, 1.82) is 0 Å². The average Bonchev–Trinajstić information content (AvgIpc) is 3.25. The van der Waals surface area contributed by atoms with Crippen LogP contribution in [0, 0.1) is 6.92 Å². The Morgan fingerprint density at radius 2 is 2.11 bits per heavy atom. The number of carbonyl (C=O) groups excluding carboxylic acids is 1. The van der Waals surface area contributed by atoms with E-state index < -0.39 is 15.6 Å². The molecular weight excluding hydrogens is 398 g/mol. The van der Waals surface area contributed by atoms with Crippen molar-refractivity contribution in [1.82, 2.24) is 14.2 Å². The van der Waals surface area contributed by atoms with Crippen molar-refractivity contribution in [3.8, 4) is 5.75 Å². The highest BCUT2D eigenvalue weighted by Gasteiger charge is 2.48. The summed E-state index contributed by atoms with van der Waals surface area (Å²) in [6.07, 6.45) is 1.02. The van der Waals surface area contributed by atoms with Crippen LogP contribution in [0.15, 0.2) is 34.5 Å². The smallest absolute Gasteiger partial charge is 0.247 e. The molecule has 4 rings (SSSR count). The van der Waals surface area contributed by atoms with Gasteiger partial charge in [-0.1, -0.05) is 19.1 Å². The van der Waals surface area contributed by atoms with Crippen LogP contribution in [0.4, 0.5) is 0 Å². The minimum absolute atomic E-state index is 0.0579. The maximum atomic E-state index is 13.4. The van der Waals surface area contributed by atoms with E-state index >= 15 is 0 Å². The molecule has 0 saturated carbocycles. The highest BCUT2D eigenvalue weighted by Crippen LogP contribution is 2.39. The summed E-state index contributed by atoms with van der Waals surface area (Å²) in [6, 6.07) is 6.73. The van der Waals surface area contributed by atoms with Crippen molar-refractivity contribution in [3.63, 3.8) is 0 Å². The number of amides is 1. The maximum absolute atomic E-state index is 13.4. The van der Waals surface area contributed by atoms with Crippen molar-refractivity contribution in [3.05, 3.63) is 40.3 Å². The average molecular weight is 422 g/mol. The number of benzene rings is 1. The minimum atomic E-state index is -3.75. The Balaban J connectivity index is 1.74. The van der Waals surface area contributed by atoms with E-state index in [2.05, 4.69) is 4.98 Å². The SMILES string of the molecule is CCC(=O)N1CC[C@]2(C1)CN(Cc1csc(C)n1)S(=O)(=O)c1ccccc1O2. The molecular formula is C19H23N3O4S2. The first-order valence-corrected chi connectivity index (χ1v) is 11.6. The van der Waals surface area contributed by atoms with Gasteiger partial charge in [-0.15, -0.1) is 11.3 Å². The minimum Gasteiger partial charge on any atom is -0.483 e. The number of aryl methyl sites for hydroxylation is 1. The van der Waals surface area contributed by atoms with Crippen LogP contribution in [0.25, 0.3) is 0 Å². The predicted octanol–water partition coefficient (Wildman–Crippen LogP) is 2.42.